The van der Waals surface area contributed by atoms with E-state index >= 15 is 0 Å². The number of fused-ring (bicyclic) bond motifs is 1. The Hall–Kier alpha value is -4.42. The minimum atomic E-state index is -3.92. The number of sulfonamides is 1. The molecular weight excluding hydrogens is 542 g/mol. The van der Waals surface area contributed by atoms with Gasteiger partial charge in [-0.25, -0.2) is 18.2 Å². The normalized spacial score (nSPS) is 17.0. The number of amidine groups is 1. The molecule has 0 aliphatic carbocycles. The molecule has 2 aliphatic heterocycles. The van der Waals surface area contributed by atoms with Crippen LogP contribution in [0, 0.1) is 0 Å². The molecule has 11 heteroatoms. The lowest BCUT2D eigenvalue weighted by molar-refractivity contribution is -0.138. The molecule has 2 aliphatic rings. The van der Waals surface area contributed by atoms with Crippen LogP contribution in [0.1, 0.15) is 23.2 Å². The topological polar surface area (TPSA) is 152 Å². The molecule has 0 amide bonds. The molecule has 0 saturated carbocycles. The predicted octanol–water partition coefficient (Wildman–Crippen LogP) is 3.32. The van der Waals surface area contributed by atoms with Gasteiger partial charge in [-0.15, -0.1) is 0 Å². The average Bonchev–Trinajstić information content (AvgIpc) is 2.97. The van der Waals surface area contributed by atoms with E-state index < -0.39 is 34.5 Å². The lowest BCUT2D eigenvalue weighted by Crippen LogP contribution is -2.43. The lowest BCUT2D eigenvalue weighted by Gasteiger charge is -2.24. The number of benzene rings is 3. The van der Waals surface area contributed by atoms with E-state index in [1.165, 1.54) is 17.7 Å². The van der Waals surface area contributed by atoms with Crippen molar-refractivity contribution in [1.29, 1.82) is 0 Å². The zero-order chi connectivity index (χ0) is 28.8. The number of dihydropyridines is 1. The smallest absolute Gasteiger partial charge is 0.345 e. The number of nitrogens with two attached hydrogens (primary N) is 1. The molecule has 210 valence electrons. The van der Waals surface area contributed by atoms with Gasteiger partial charge in [0, 0.05) is 12.2 Å². The number of rotatable bonds is 8. The summed E-state index contributed by atoms with van der Waals surface area (Å²) < 4.78 is 31.8. The van der Waals surface area contributed by atoms with Crippen molar-refractivity contribution in [3.63, 3.8) is 0 Å². The summed E-state index contributed by atoms with van der Waals surface area (Å²) in [6.45, 7) is 0.899. The largest absolute Gasteiger partial charge is 0.389 e. The molecule has 0 radical (unpaired) electrons. The van der Waals surface area contributed by atoms with Gasteiger partial charge in [0.25, 0.3) is 0 Å². The van der Waals surface area contributed by atoms with Crippen molar-refractivity contribution in [2.24, 2.45) is 10.7 Å². The molecule has 0 bridgehead atoms. The third kappa shape index (κ3) is 7.21. The molecule has 5 N–H and O–H groups in total. The first-order chi connectivity index (χ1) is 19.8. The van der Waals surface area contributed by atoms with Crippen molar-refractivity contribution in [2.75, 3.05) is 11.9 Å². The van der Waals surface area contributed by atoms with Crippen LogP contribution in [0.15, 0.2) is 113 Å². The third-order valence-electron chi connectivity index (χ3n) is 6.42. The van der Waals surface area contributed by atoms with Crippen LogP contribution in [-0.4, -0.2) is 45.1 Å². The predicted molar refractivity (Wildman–Crippen MR) is 156 cm³/mol. The lowest BCUT2D eigenvalue weighted by atomic mass is 10.0. The highest BCUT2D eigenvalue weighted by Crippen LogP contribution is 2.24. The van der Waals surface area contributed by atoms with Crippen LogP contribution in [0.2, 0.25) is 0 Å². The number of ether oxygens (including phenoxy) is 1. The highest BCUT2D eigenvalue weighted by molar-refractivity contribution is 7.89. The Labute approximate surface area is 238 Å². The van der Waals surface area contributed by atoms with Crippen molar-refractivity contribution < 1.29 is 22.7 Å². The van der Waals surface area contributed by atoms with Gasteiger partial charge < -0.3 is 15.8 Å². The molecule has 5 rings (SSSR count). The van der Waals surface area contributed by atoms with Crippen molar-refractivity contribution in [2.45, 2.75) is 30.1 Å². The molecule has 41 heavy (non-hydrogen) atoms. The molecule has 10 nitrogen and oxygen atoms in total. The highest BCUT2D eigenvalue weighted by Gasteiger charge is 2.22. The minimum Gasteiger partial charge on any atom is -0.389 e. The number of nitrogens with one attached hydrogen (secondary N) is 3. The van der Waals surface area contributed by atoms with E-state index in [-0.39, 0.29) is 16.6 Å². The summed E-state index contributed by atoms with van der Waals surface area (Å²) in [5, 5.41) is 6.73. The second-order valence-electron chi connectivity index (χ2n) is 9.49. The number of aliphatic imine (C=N–C) groups is 1. The maximum Gasteiger partial charge on any atom is 0.345 e. The fourth-order valence-corrected chi connectivity index (χ4v) is 5.55. The van der Waals surface area contributed by atoms with Gasteiger partial charge in [0.15, 0.2) is 0 Å². The fourth-order valence-electron chi connectivity index (χ4n) is 4.41. The average molecular weight is 572 g/mol. The van der Waals surface area contributed by atoms with Gasteiger partial charge in [-0.3, -0.25) is 10.1 Å². The van der Waals surface area contributed by atoms with Gasteiger partial charge in [0.05, 0.1) is 23.0 Å². The van der Waals surface area contributed by atoms with E-state index in [4.69, 9.17) is 15.5 Å². The zero-order valence-electron chi connectivity index (χ0n) is 22.0. The number of hydrogen-bond acceptors (Lipinski definition) is 9. The Morgan fingerprint density at radius 3 is 2.56 bits per heavy atom. The molecule has 2 heterocycles. The fraction of sp³-hybridized carbons (Fsp3) is 0.167. The number of nitrogens with zero attached hydrogens (tertiary/aromatic N) is 1. The molecule has 3 aromatic carbocycles. The Bertz CT molecular complexity index is 1630. The SMILES string of the molecule is N[C@H](CC(=O)OC(=O)c1ccc(-c2cccc(NC3=NC4NCCC=C4C=C3)c2)cc1)NS(=O)(=O)c1ccccc1. The summed E-state index contributed by atoms with van der Waals surface area (Å²) in [5.74, 6) is -1.05. The molecular formula is C30H29N5O5S. The van der Waals surface area contributed by atoms with Gasteiger partial charge in [0.2, 0.25) is 10.0 Å². The van der Waals surface area contributed by atoms with Gasteiger partial charge in [0.1, 0.15) is 12.0 Å². The summed E-state index contributed by atoms with van der Waals surface area (Å²) in [4.78, 5) is 29.5. The zero-order valence-corrected chi connectivity index (χ0v) is 22.8. The van der Waals surface area contributed by atoms with Gasteiger partial charge in [-0.2, -0.15) is 4.72 Å². The van der Waals surface area contributed by atoms with Crippen LogP contribution in [-0.2, 0) is 19.6 Å². The van der Waals surface area contributed by atoms with Crippen LogP contribution in [0.25, 0.3) is 11.1 Å². The van der Waals surface area contributed by atoms with E-state index in [9.17, 15) is 18.0 Å². The van der Waals surface area contributed by atoms with Crippen molar-refractivity contribution in [1.82, 2.24) is 10.0 Å². The number of carbonyl (C=O) groups excluding carboxylic acids is 2. The van der Waals surface area contributed by atoms with Crippen molar-refractivity contribution in [3.05, 3.63) is 108 Å². The van der Waals surface area contributed by atoms with Gasteiger partial charge in [-0.1, -0.05) is 54.6 Å². The van der Waals surface area contributed by atoms with E-state index in [0.29, 0.717) is 0 Å². The summed E-state index contributed by atoms with van der Waals surface area (Å²) in [6.07, 6.45) is 5.38. The second kappa shape index (κ2) is 12.4. The third-order valence-corrected chi connectivity index (χ3v) is 7.93. The Kier molecular flexibility index (Phi) is 8.50. The van der Waals surface area contributed by atoms with Gasteiger partial charge in [-0.05, 0) is 65.6 Å². The molecule has 0 spiro atoms. The van der Waals surface area contributed by atoms with Crippen LogP contribution in [0.5, 0.6) is 0 Å². The molecule has 0 fully saturated rings. The first-order valence-corrected chi connectivity index (χ1v) is 14.5. The second-order valence-corrected chi connectivity index (χ2v) is 11.2. The standard InChI is InChI=1S/C30H29N5O5S/c31-26(35-41(38,39)25-9-2-1-3-10-25)19-28(36)40-30(37)22-13-11-20(12-14-22)23-6-4-8-24(18-23)33-27-16-15-21-7-5-17-32-29(21)34-27/h1-4,6-16,18,26,29,32,35H,5,17,19,31H2,(H,33,34)/t26-,29?/m0/s1. The van der Waals surface area contributed by atoms with E-state index in [1.807, 2.05) is 30.3 Å². The molecule has 1 unspecified atom stereocenters. The molecule has 2 atom stereocenters. The Morgan fingerprint density at radius 2 is 1.78 bits per heavy atom. The number of anilines is 1. The quantitative estimate of drug-likeness (QED) is 0.183. The number of carbonyl (C=O) groups is 2. The van der Waals surface area contributed by atoms with Crippen LogP contribution >= 0.6 is 0 Å². The Balaban J connectivity index is 1.16. The van der Waals surface area contributed by atoms with Crippen LogP contribution in [0.4, 0.5) is 5.69 Å². The maximum absolute atomic E-state index is 12.5. The molecule has 0 aromatic heterocycles. The van der Waals surface area contributed by atoms with Crippen LogP contribution in [0.3, 0.4) is 0 Å². The number of hydrogen-bond donors (Lipinski definition) is 4. The summed E-state index contributed by atoms with van der Waals surface area (Å²) in [6, 6.07) is 22.0. The summed E-state index contributed by atoms with van der Waals surface area (Å²) in [5.41, 5.74) is 9.75. The molecule has 0 saturated heterocycles. The Morgan fingerprint density at radius 1 is 1.00 bits per heavy atom. The first-order valence-electron chi connectivity index (χ1n) is 13.0. The first kappa shape index (κ1) is 28.1. The summed E-state index contributed by atoms with van der Waals surface area (Å²) >= 11 is 0. The minimum absolute atomic E-state index is 0.00800. The highest BCUT2D eigenvalue weighted by atomic mass is 32.2. The van der Waals surface area contributed by atoms with Crippen molar-refractivity contribution >= 4 is 33.5 Å². The van der Waals surface area contributed by atoms with E-state index in [1.54, 1.807) is 42.5 Å². The monoisotopic (exact) mass is 571 g/mol. The molecule has 3 aromatic rings. The van der Waals surface area contributed by atoms with Crippen LogP contribution < -0.4 is 21.1 Å². The van der Waals surface area contributed by atoms with E-state index in [2.05, 4.69) is 27.5 Å². The van der Waals surface area contributed by atoms with Gasteiger partial charge >= 0.3 is 11.9 Å². The van der Waals surface area contributed by atoms with E-state index in [0.717, 1.165) is 35.6 Å². The number of esters is 2. The van der Waals surface area contributed by atoms with Crippen molar-refractivity contribution in [3.8, 4) is 11.1 Å². The maximum atomic E-state index is 12.5. The summed E-state index contributed by atoms with van der Waals surface area (Å²) in [7, 11) is -3.92.